The summed E-state index contributed by atoms with van der Waals surface area (Å²) >= 11 is 3.26. The van der Waals surface area contributed by atoms with E-state index in [1.54, 1.807) is 33.2 Å². The Kier molecular flexibility index (Phi) is 5.68. The fourth-order valence-corrected chi connectivity index (χ4v) is 2.24. The van der Waals surface area contributed by atoms with Gasteiger partial charge in [0.25, 0.3) is 0 Å². The van der Waals surface area contributed by atoms with Crippen molar-refractivity contribution in [2.75, 3.05) is 13.1 Å². The van der Waals surface area contributed by atoms with Crippen molar-refractivity contribution in [2.24, 2.45) is 0 Å². The third kappa shape index (κ3) is 4.72. The number of hydrogen-bond donors (Lipinski definition) is 0. The van der Waals surface area contributed by atoms with Crippen molar-refractivity contribution >= 4 is 22.0 Å². The molecule has 0 unspecified atom stereocenters. The molecule has 2 heterocycles. The van der Waals surface area contributed by atoms with Crippen LogP contribution in [-0.4, -0.2) is 45.1 Å². The van der Waals surface area contributed by atoms with Crippen molar-refractivity contribution in [2.45, 2.75) is 38.6 Å². The van der Waals surface area contributed by atoms with Gasteiger partial charge < -0.3 is 11.1 Å². The Labute approximate surface area is 149 Å². The Balaban J connectivity index is 0.00000200. The maximum absolute atomic E-state index is 14.3. The predicted molar refractivity (Wildman–Crippen MR) is 72.7 cm³/mol. The van der Waals surface area contributed by atoms with Gasteiger partial charge in [-0.1, -0.05) is 0 Å². The van der Waals surface area contributed by atoms with E-state index in [0.29, 0.717) is 0 Å². The zero-order valence-corrected chi connectivity index (χ0v) is 15.8. The largest absolute Gasteiger partial charge is 1.00 e. The summed E-state index contributed by atoms with van der Waals surface area (Å²) in [5.41, 5.74) is -1.99. The minimum Gasteiger partial charge on any atom is -1.00 e. The fourth-order valence-electron chi connectivity index (χ4n) is 1.91. The van der Waals surface area contributed by atoms with Crippen molar-refractivity contribution in [1.29, 1.82) is 0 Å². The number of rotatable bonds is 2. The molecule has 1 saturated heterocycles. The molecule has 5 nitrogen and oxygen atoms in total. The van der Waals surface area contributed by atoms with Crippen LogP contribution in [0, 0.1) is 0 Å². The first-order valence-electron chi connectivity index (χ1n) is 6.02. The molecule has 0 atom stereocenters. The molecule has 0 N–H and O–H groups in total. The van der Waals surface area contributed by atoms with Crippen LogP contribution in [0.4, 0.5) is 9.18 Å². The van der Waals surface area contributed by atoms with Crippen molar-refractivity contribution in [1.82, 2.24) is 14.7 Å². The topological polar surface area (TPSA) is 47.4 Å². The van der Waals surface area contributed by atoms with E-state index < -0.39 is 17.4 Å². The number of hydrogen-bond acceptors (Lipinski definition) is 3. The molecule has 20 heavy (non-hydrogen) atoms. The summed E-state index contributed by atoms with van der Waals surface area (Å²) in [4.78, 5) is 13.1. The smallest absolute Gasteiger partial charge is 1.00 e. The summed E-state index contributed by atoms with van der Waals surface area (Å²) in [6, 6.07) is 0. The summed E-state index contributed by atoms with van der Waals surface area (Å²) in [6.45, 7) is 5.58. The van der Waals surface area contributed by atoms with Gasteiger partial charge in [0.15, 0.2) is 5.67 Å². The van der Waals surface area contributed by atoms with E-state index in [1.165, 1.54) is 9.58 Å². The van der Waals surface area contributed by atoms with Crippen LogP contribution in [0.3, 0.4) is 0 Å². The Morgan fingerprint density at radius 3 is 2.65 bits per heavy atom. The first-order valence-corrected chi connectivity index (χ1v) is 6.81. The second-order valence-electron chi connectivity index (χ2n) is 5.84. The van der Waals surface area contributed by atoms with Gasteiger partial charge in [-0.25, -0.2) is 9.18 Å². The Morgan fingerprint density at radius 1 is 1.60 bits per heavy atom. The third-order valence-corrected chi connectivity index (χ3v) is 3.06. The van der Waals surface area contributed by atoms with Crippen molar-refractivity contribution in [3.05, 3.63) is 16.9 Å². The molecule has 1 aliphatic rings. The van der Waals surface area contributed by atoms with Gasteiger partial charge in [0, 0.05) is 6.20 Å². The number of halogens is 2. The van der Waals surface area contributed by atoms with Crippen LogP contribution < -0.4 is 29.6 Å². The molecule has 2 rings (SSSR count). The molecule has 0 radical (unpaired) electrons. The normalized spacial score (nSPS) is 17.1. The number of likely N-dealkylation sites (tertiary alicyclic amines) is 1. The molecular formula is C12H18BrFN3NaO2. The van der Waals surface area contributed by atoms with Gasteiger partial charge in [0.1, 0.15) is 5.60 Å². The van der Waals surface area contributed by atoms with Gasteiger partial charge in [0.2, 0.25) is 0 Å². The minimum absolute atomic E-state index is 0. The van der Waals surface area contributed by atoms with Crippen LogP contribution in [0.15, 0.2) is 16.9 Å². The molecule has 0 aliphatic carbocycles. The number of alkyl halides is 1. The Hall–Kier alpha value is -0.110. The second kappa shape index (κ2) is 6.34. The first kappa shape index (κ1) is 17.9. The monoisotopic (exact) mass is 357 g/mol. The van der Waals surface area contributed by atoms with E-state index in [0.717, 1.165) is 4.47 Å². The van der Waals surface area contributed by atoms with E-state index in [4.69, 9.17) is 4.74 Å². The molecule has 0 spiro atoms. The van der Waals surface area contributed by atoms with E-state index in [9.17, 15) is 9.18 Å². The van der Waals surface area contributed by atoms with Gasteiger partial charge >= 0.3 is 35.7 Å². The number of carbonyl (C=O) groups is 1. The molecule has 8 heteroatoms. The van der Waals surface area contributed by atoms with E-state index in [2.05, 4.69) is 21.0 Å². The van der Waals surface area contributed by atoms with Gasteiger partial charge in [-0.2, -0.15) is 5.10 Å². The number of carbonyl (C=O) groups excluding carboxylic acids is 1. The molecule has 1 aliphatic heterocycles. The van der Waals surface area contributed by atoms with Crippen LogP contribution in [0.25, 0.3) is 0 Å². The molecule has 1 amide bonds. The third-order valence-electron chi connectivity index (χ3n) is 2.65. The average molecular weight is 358 g/mol. The number of ether oxygens (including phenoxy) is 1. The maximum atomic E-state index is 14.3. The van der Waals surface area contributed by atoms with Gasteiger partial charge in [-0.15, -0.1) is 0 Å². The van der Waals surface area contributed by atoms with Crippen LogP contribution in [0.5, 0.6) is 0 Å². The van der Waals surface area contributed by atoms with Crippen LogP contribution >= 0.6 is 15.9 Å². The van der Waals surface area contributed by atoms with Crippen molar-refractivity contribution < 1.29 is 44.9 Å². The SMILES string of the molecule is CC(C)(C)OC(=O)N1CC(F)(Cn2cc(Br)cn2)C1.[H-].[Na+]. The minimum atomic E-state index is -1.43. The summed E-state index contributed by atoms with van der Waals surface area (Å²) in [7, 11) is 0. The van der Waals surface area contributed by atoms with Crippen molar-refractivity contribution in [3.8, 4) is 0 Å². The Bertz CT molecular complexity index is 489. The molecule has 0 saturated carbocycles. The molecule has 1 aromatic rings. The molecule has 108 valence electrons. The van der Waals surface area contributed by atoms with Crippen LogP contribution in [0.1, 0.15) is 22.2 Å². The van der Waals surface area contributed by atoms with Crippen molar-refractivity contribution in [3.63, 3.8) is 0 Å². The number of aromatic nitrogens is 2. The predicted octanol–water partition coefficient (Wildman–Crippen LogP) is -0.279. The van der Waals surface area contributed by atoms with Gasteiger partial charge in [-0.3, -0.25) is 4.68 Å². The zero-order chi connectivity index (χ0) is 14.3. The van der Waals surface area contributed by atoms with Crippen LogP contribution in [0.2, 0.25) is 0 Å². The fraction of sp³-hybridized carbons (Fsp3) is 0.667. The molecule has 0 bridgehead atoms. The Morgan fingerprint density at radius 2 is 2.20 bits per heavy atom. The number of amides is 1. The first-order chi connectivity index (χ1) is 8.67. The molecule has 0 aromatic carbocycles. The summed E-state index contributed by atoms with van der Waals surface area (Å²) < 4.78 is 21.8. The maximum Gasteiger partial charge on any atom is 1.00 e. The molecule has 1 fully saturated rings. The molecule has 1 aromatic heterocycles. The number of nitrogens with zero attached hydrogens (tertiary/aromatic N) is 3. The second-order valence-corrected chi connectivity index (χ2v) is 6.76. The van der Waals surface area contributed by atoms with E-state index in [1.807, 2.05) is 0 Å². The van der Waals surface area contributed by atoms with Gasteiger partial charge in [-0.05, 0) is 36.7 Å². The average Bonchev–Trinajstić information content (AvgIpc) is 2.57. The summed E-state index contributed by atoms with van der Waals surface area (Å²) in [5.74, 6) is 0. The molecular weight excluding hydrogens is 340 g/mol. The van der Waals surface area contributed by atoms with Crippen LogP contribution in [-0.2, 0) is 11.3 Å². The van der Waals surface area contributed by atoms with Gasteiger partial charge in [0.05, 0.1) is 30.3 Å². The quantitative estimate of drug-likeness (QED) is 0.684. The summed E-state index contributed by atoms with van der Waals surface area (Å²) in [5, 5.41) is 4.01. The van der Waals surface area contributed by atoms with E-state index >= 15 is 0 Å². The van der Waals surface area contributed by atoms with E-state index in [-0.39, 0.29) is 50.6 Å². The standard InChI is InChI=1S/C12H17BrFN3O2.Na.H/c1-11(2,3)19-10(18)16-6-12(14,7-16)8-17-5-9(13)4-15-17;;/h4-5H,6-8H2,1-3H3;;/q;+1;-1. The zero-order valence-electron chi connectivity index (χ0n) is 13.2. The summed E-state index contributed by atoms with van der Waals surface area (Å²) in [6.07, 6.45) is 2.84.